The van der Waals surface area contributed by atoms with Gasteiger partial charge in [-0.2, -0.15) is 0 Å². The Labute approximate surface area is 154 Å². The molecule has 2 aromatic carbocycles. The Balaban J connectivity index is 2.00. The van der Waals surface area contributed by atoms with E-state index in [4.69, 9.17) is 14.2 Å². The first-order chi connectivity index (χ1) is 12.5. The van der Waals surface area contributed by atoms with Gasteiger partial charge in [-0.1, -0.05) is 38.1 Å². The van der Waals surface area contributed by atoms with Crippen molar-refractivity contribution in [3.8, 4) is 5.75 Å². The minimum absolute atomic E-state index is 0.132. The van der Waals surface area contributed by atoms with Crippen LogP contribution in [0, 0.1) is 0 Å². The third kappa shape index (κ3) is 5.76. The fourth-order valence-electron chi connectivity index (χ4n) is 2.65. The molecule has 0 heterocycles. The predicted molar refractivity (Wildman–Crippen MR) is 100.0 cm³/mol. The lowest BCUT2D eigenvalue weighted by Crippen LogP contribution is -2.25. The number of hydrogen-bond acceptors (Lipinski definition) is 5. The third-order valence-corrected chi connectivity index (χ3v) is 3.96. The Bertz CT molecular complexity index is 753. The molecule has 0 aliphatic rings. The molecule has 0 fully saturated rings. The maximum Gasteiger partial charge on any atom is 0.313 e. The first-order valence-corrected chi connectivity index (χ1v) is 9.01. The molecular weight excluding hydrogens is 332 g/mol. The minimum atomic E-state index is -0.809. The van der Waals surface area contributed by atoms with Crippen LogP contribution < -0.4 is 4.74 Å². The Morgan fingerprint density at radius 3 is 2.31 bits per heavy atom. The zero-order valence-corrected chi connectivity index (χ0v) is 15.6. The van der Waals surface area contributed by atoms with E-state index in [1.165, 1.54) is 0 Å². The quantitative estimate of drug-likeness (QED) is 0.491. The third-order valence-electron chi connectivity index (χ3n) is 3.96. The van der Waals surface area contributed by atoms with Gasteiger partial charge in [-0.25, -0.2) is 0 Å². The Hall–Kier alpha value is -2.56. The van der Waals surface area contributed by atoms with Gasteiger partial charge in [0.05, 0.1) is 13.5 Å². The van der Waals surface area contributed by atoms with Crippen molar-refractivity contribution in [1.29, 1.82) is 0 Å². The van der Waals surface area contributed by atoms with Crippen LogP contribution in [0.15, 0.2) is 36.4 Å². The van der Waals surface area contributed by atoms with Crippen LogP contribution >= 0.6 is 0 Å². The van der Waals surface area contributed by atoms with Crippen molar-refractivity contribution >= 4 is 22.7 Å². The van der Waals surface area contributed by atoms with Gasteiger partial charge in [-0.15, -0.1) is 0 Å². The van der Waals surface area contributed by atoms with Crippen molar-refractivity contribution in [2.24, 2.45) is 0 Å². The lowest BCUT2D eigenvalue weighted by atomic mass is 10.0. The van der Waals surface area contributed by atoms with E-state index in [1.807, 2.05) is 50.2 Å². The molecule has 140 valence electrons. The second-order valence-corrected chi connectivity index (χ2v) is 6.17. The summed E-state index contributed by atoms with van der Waals surface area (Å²) in [6.07, 6.45) is 1.61. The average Bonchev–Trinajstić information content (AvgIpc) is 2.61. The van der Waals surface area contributed by atoms with Crippen LogP contribution in [0.25, 0.3) is 10.8 Å². The van der Waals surface area contributed by atoms with Crippen molar-refractivity contribution in [2.45, 2.75) is 52.2 Å². The molecule has 0 aromatic heterocycles. The van der Waals surface area contributed by atoms with E-state index < -0.39 is 12.3 Å². The number of rotatable bonds is 9. The summed E-state index contributed by atoms with van der Waals surface area (Å²) in [5, 5.41) is 2.06. The van der Waals surface area contributed by atoms with Crippen molar-refractivity contribution in [3.05, 3.63) is 42.0 Å². The van der Waals surface area contributed by atoms with E-state index in [9.17, 15) is 9.59 Å². The summed E-state index contributed by atoms with van der Waals surface area (Å²) >= 11 is 0. The molecule has 0 N–H and O–H groups in total. The van der Waals surface area contributed by atoms with Crippen molar-refractivity contribution < 1.29 is 23.8 Å². The second kappa shape index (κ2) is 9.80. The van der Waals surface area contributed by atoms with E-state index >= 15 is 0 Å². The van der Waals surface area contributed by atoms with Gasteiger partial charge in [-0.05, 0) is 41.3 Å². The number of ether oxygens (including phenoxy) is 3. The summed E-state index contributed by atoms with van der Waals surface area (Å²) in [6.45, 7) is 3.85. The largest absolute Gasteiger partial charge is 0.497 e. The molecule has 0 bridgehead atoms. The molecule has 0 saturated heterocycles. The van der Waals surface area contributed by atoms with Crippen molar-refractivity contribution in [3.63, 3.8) is 0 Å². The number of esters is 2. The summed E-state index contributed by atoms with van der Waals surface area (Å²) in [7, 11) is 1.63. The van der Waals surface area contributed by atoms with Crippen LogP contribution in [-0.4, -0.2) is 25.3 Å². The number of hydrogen-bond donors (Lipinski definition) is 0. The van der Waals surface area contributed by atoms with E-state index in [0.717, 1.165) is 28.5 Å². The normalized spacial score (nSPS) is 11.8. The van der Waals surface area contributed by atoms with Gasteiger partial charge in [0, 0.05) is 12.8 Å². The van der Waals surface area contributed by atoms with Crippen LogP contribution in [0.4, 0.5) is 0 Å². The standard InChI is InChI=1S/C21H26O5/c1-4-6-19(22)25-21(7-5-2)26-20(23)13-15-8-9-17-14-18(24-3)11-10-16(17)12-15/h8-12,14,21H,4-7,13H2,1-3H3. The molecule has 0 amide bonds. The molecule has 5 nitrogen and oxygen atoms in total. The molecule has 1 unspecified atom stereocenters. The molecule has 2 aromatic rings. The van der Waals surface area contributed by atoms with E-state index in [0.29, 0.717) is 19.3 Å². The van der Waals surface area contributed by atoms with Crippen LogP contribution in [0.1, 0.15) is 45.1 Å². The van der Waals surface area contributed by atoms with Crippen LogP contribution in [0.5, 0.6) is 5.75 Å². The minimum Gasteiger partial charge on any atom is -0.497 e. The fraction of sp³-hybridized carbons (Fsp3) is 0.429. The molecule has 2 rings (SSSR count). The van der Waals surface area contributed by atoms with Crippen LogP contribution in [0.2, 0.25) is 0 Å². The van der Waals surface area contributed by atoms with Gasteiger partial charge in [0.1, 0.15) is 5.75 Å². The van der Waals surface area contributed by atoms with E-state index in [2.05, 4.69) is 0 Å². The molecule has 0 spiro atoms. The molecule has 26 heavy (non-hydrogen) atoms. The van der Waals surface area contributed by atoms with Crippen LogP contribution in [0.3, 0.4) is 0 Å². The molecule has 0 aliphatic carbocycles. The number of methoxy groups -OCH3 is 1. The average molecular weight is 358 g/mol. The zero-order chi connectivity index (χ0) is 18.9. The highest BCUT2D eigenvalue weighted by atomic mass is 16.7. The van der Waals surface area contributed by atoms with Gasteiger partial charge >= 0.3 is 11.9 Å². The molecule has 1 atom stereocenters. The van der Waals surface area contributed by atoms with Gasteiger partial charge in [0.25, 0.3) is 0 Å². The highest BCUT2D eigenvalue weighted by Gasteiger charge is 2.18. The topological polar surface area (TPSA) is 61.8 Å². The zero-order valence-electron chi connectivity index (χ0n) is 15.6. The fourth-order valence-corrected chi connectivity index (χ4v) is 2.65. The highest BCUT2D eigenvalue weighted by molar-refractivity contribution is 5.85. The molecule has 5 heteroatoms. The predicted octanol–water partition coefficient (Wildman–Crippen LogP) is 4.40. The smallest absolute Gasteiger partial charge is 0.313 e. The molecule has 0 radical (unpaired) electrons. The summed E-state index contributed by atoms with van der Waals surface area (Å²) < 4.78 is 15.8. The van der Waals surface area contributed by atoms with Gasteiger partial charge in [0.2, 0.25) is 6.29 Å². The van der Waals surface area contributed by atoms with Crippen LogP contribution in [-0.2, 0) is 25.5 Å². The monoisotopic (exact) mass is 358 g/mol. The first kappa shape index (κ1) is 19.8. The van der Waals surface area contributed by atoms with Gasteiger partial charge in [0.15, 0.2) is 0 Å². The summed E-state index contributed by atoms with van der Waals surface area (Å²) in [4.78, 5) is 23.9. The van der Waals surface area contributed by atoms with E-state index in [-0.39, 0.29) is 12.4 Å². The number of fused-ring (bicyclic) bond motifs is 1. The SMILES string of the molecule is CCCC(=O)OC(CCC)OC(=O)Cc1ccc2cc(OC)ccc2c1. The van der Waals surface area contributed by atoms with Gasteiger partial charge in [-0.3, -0.25) is 9.59 Å². The second-order valence-electron chi connectivity index (χ2n) is 6.17. The lowest BCUT2D eigenvalue weighted by molar-refractivity contribution is -0.188. The summed E-state index contributed by atoms with van der Waals surface area (Å²) in [5.74, 6) is 0.0555. The first-order valence-electron chi connectivity index (χ1n) is 9.01. The lowest BCUT2D eigenvalue weighted by Gasteiger charge is -2.17. The Morgan fingerprint density at radius 2 is 1.62 bits per heavy atom. The molecular formula is C21H26O5. The Kier molecular flexibility index (Phi) is 7.45. The van der Waals surface area contributed by atoms with Gasteiger partial charge < -0.3 is 14.2 Å². The number of benzene rings is 2. The van der Waals surface area contributed by atoms with E-state index in [1.54, 1.807) is 7.11 Å². The maximum absolute atomic E-state index is 12.2. The van der Waals surface area contributed by atoms with Crippen molar-refractivity contribution in [2.75, 3.05) is 7.11 Å². The molecule has 0 aliphatic heterocycles. The number of carbonyl (C=O) groups excluding carboxylic acids is 2. The van der Waals surface area contributed by atoms with Crippen molar-refractivity contribution in [1.82, 2.24) is 0 Å². The Morgan fingerprint density at radius 1 is 0.923 bits per heavy atom. The summed E-state index contributed by atoms with van der Waals surface area (Å²) in [5.41, 5.74) is 0.850. The number of carbonyl (C=O) groups is 2. The maximum atomic E-state index is 12.2. The molecule has 0 saturated carbocycles. The summed E-state index contributed by atoms with van der Waals surface area (Å²) in [6, 6.07) is 11.6. The highest BCUT2D eigenvalue weighted by Crippen LogP contribution is 2.22.